The molecule has 1 unspecified atom stereocenters. The Labute approximate surface area is 108 Å². The van der Waals surface area contributed by atoms with Crippen molar-refractivity contribution in [2.45, 2.75) is 26.9 Å². The molecule has 19 heavy (non-hydrogen) atoms. The third-order valence-electron chi connectivity index (χ3n) is 2.70. The lowest BCUT2D eigenvalue weighted by Gasteiger charge is -2.14. The summed E-state index contributed by atoms with van der Waals surface area (Å²) in [5.74, 6) is -0.417. The number of hydrogen-bond donors (Lipinski definition) is 1. The zero-order valence-corrected chi connectivity index (χ0v) is 10.7. The quantitative estimate of drug-likeness (QED) is 0.645. The largest absolute Gasteiger partial charge is 0.477 e. The molecule has 0 fully saturated rings. The third-order valence-corrected chi connectivity index (χ3v) is 2.70. The van der Waals surface area contributed by atoms with Gasteiger partial charge in [-0.05, 0) is 26.3 Å². The number of nitro benzene ring substituents is 2. The topological polar surface area (TPSA) is 116 Å². The Kier molecular flexibility index (Phi) is 4.38. The second kappa shape index (κ2) is 5.61. The van der Waals surface area contributed by atoms with Crippen LogP contribution < -0.4 is 4.74 Å². The summed E-state index contributed by atoms with van der Waals surface area (Å²) in [6.07, 6.45) is -0.778. The Morgan fingerprint density at radius 3 is 2.32 bits per heavy atom. The molecule has 1 aromatic carbocycles. The number of hydrogen-bond acceptors (Lipinski definition) is 6. The molecule has 0 heterocycles. The van der Waals surface area contributed by atoms with Gasteiger partial charge in [-0.2, -0.15) is 0 Å². The highest BCUT2D eigenvalue weighted by molar-refractivity contribution is 5.66. The van der Waals surface area contributed by atoms with Crippen LogP contribution in [0.25, 0.3) is 0 Å². The Bertz CT molecular complexity index is 528. The van der Waals surface area contributed by atoms with Gasteiger partial charge in [0.05, 0.1) is 16.5 Å². The minimum atomic E-state index is -0.778. The molecule has 0 saturated carbocycles. The van der Waals surface area contributed by atoms with E-state index in [-0.39, 0.29) is 0 Å². The van der Waals surface area contributed by atoms with E-state index < -0.39 is 39.7 Å². The van der Waals surface area contributed by atoms with Crippen LogP contribution in [0.15, 0.2) is 6.07 Å². The summed E-state index contributed by atoms with van der Waals surface area (Å²) >= 11 is 0. The molecule has 0 aliphatic carbocycles. The van der Waals surface area contributed by atoms with Crippen molar-refractivity contribution in [2.75, 3.05) is 6.61 Å². The van der Waals surface area contributed by atoms with Gasteiger partial charge in [-0.1, -0.05) is 0 Å². The van der Waals surface area contributed by atoms with E-state index in [9.17, 15) is 20.2 Å². The van der Waals surface area contributed by atoms with E-state index >= 15 is 0 Å². The van der Waals surface area contributed by atoms with Crippen LogP contribution in [0.1, 0.15) is 18.1 Å². The first-order valence-electron chi connectivity index (χ1n) is 5.50. The molecule has 0 saturated heterocycles. The van der Waals surface area contributed by atoms with Gasteiger partial charge in [0, 0.05) is 11.6 Å². The number of aryl methyl sites for hydroxylation is 1. The van der Waals surface area contributed by atoms with Crippen LogP contribution in [-0.4, -0.2) is 27.7 Å². The maximum atomic E-state index is 11.1. The van der Waals surface area contributed by atoms with Gasteiger partial charge >= 0.3 is 11.4 Å². The molecular formula is C11H14N2O6. The maximum Gasteiger partial charge on any atom is 0.321 e. The third kappa shape index (κ3) is 2.97. The molecule has 0 spiro atoms. The summed E-state index contributed by atoms with van der Waals surface area (Å²) in [6, 6.07) is 1.22. The van der Waals surface area contributed by atoms with E-state index in [2.05, 4.69) is 0 Å². The van der Waals surface area contributed by atoms with Crippen molar-refractivity contribution in [1.29, 1.82) is 0 Å². The van der Waals surface area contributed by atoms with Crippen LogP contribution in [0.2, 0.25) is 0 Å². The lowest BCUT2D eigenvalue weighted by molar-refractivity contribution is -0.396. The van der Waals surface area contributed by atoms with Crippen LogP contribution in [0, 0.1) is 34.1 Å². The summed E-state index contributed by atoms with van der Waals surface area (Å²) in [6.45, 7) is 4.10. The minimum Gasteiger partial charge on any atom is -0.477 e. The minimum absolute atomic E-state index is 0.302. The lowest BCUT2D eigenvalue weighted by Crippen LogP contribution is -2.18. The van der Waals surface area contributed by atoms with E-state index in [4.69, 9.17) is 9.84 Å². The number of rotatable bonds is 5. The van der Waals surface area contributed by atoms with Crippen molar-refractivity contribution < 1.29 is 19.7 Å². The van der Waals surface area contributed by atoms with Gasteiger partial charge < -0.3 is 9.84 Å². The number of nitrogens with zero attached hydrogens (tertiary/aromatic N) is 2. The summed E-state index contributed by atoms with van der Waals surface area (Å²) in [5, 5.41) is 31.0. The summed E-state index contributed by atoms with van der Waals surface area (Å²) in [7, 11) is 0. The molecule has 8 nitrogen and oxygen atoms in total. The number of nitro groups is 2. The predicted octanol–water partition coefficient (Wildman–Crippen LogP) is 1.88. The van der Waals surface area contributed by atoms with E-state index in [0.29, 0.717) is 11.1 Å². The molecule has 0 amide bonds. The molecule has 104 valence electrons. The molecule has 0 aliphatic rings. The fraction of sp³-hybridized carbons (Fsp3) is 0.455. The molecule has 8 heteroatoms. The Morgan fingerprint density at radius 2 is 1.89 bits per heavy atom. The normalized spacial score (nSPS) is 12.0. The van der Waals surface area contributed by atoms with Crippen LogP contribution >= 0.6 is 0 Å². The summed E-state index contributed by atoms with van der Waals surface area (Å²) in [5.41, 5.74) is -0.180. The first-order chi connectivity index (χ1) is 8.79. The van der Waals surface area contributed by atoms with Gasteiger partial charge in [-0.15, -0.1) is 0 Å². The zero-order valence-electron chi connectivity index (χ0n) is 10.7. The number of ether oxygens (including phenoxy) is 1. The Morgan fingerprint density at radius 1 is 1.32 bits per heavy atom. The van der Waals surface area contributed by atoms with E-state index in [1.54, 1.807) is 6.92 Å². The molecule has 0 radical (unpaired) electrons. The Balaban J connectivity index is 3.56. The number of aliphatic hydroxyl groups excluding tert-OH is 1. The van der Waals surface area contributed by atoms with Crippen molar-refractivity contribution in [2.24, 2.45) is 0 Å². The molecule has 1 N–H and O–H groups in total. The molecule has 0 aliphatic heterocycles. The van der Waals surface area contributed by atoms with E-state index in [0.717, 1.165) is 0 Å². The van der Waals surface area contributed by atoms with Crippen molar-refractivity contribution in [1.82, 2.24) is 0 Å². The standard InChI is InChI=1S/C11H14N2O6/c1-6-4-9(12(15)16)11(19-7(2)5-14)10(8(6)3)13(17)18/h4,7,14H,5H2,1-3H3. The van der Waals surface area contributed by atoms with Crippen LogP contribution in [0.5, 0.6) is 5.75 Å². The first kappa shape index (κ1) is 14.8. The van der Waals surface area contributed by atoms with Gasteiger partial charge in [0.1, 0.15) is 6.10 Å². The van der Waals surface area contributed by atoms with Crippen molar-refractivity contribution in [3.05, 3.63) is 37.4 Å². The van der Waals surface area contributed by atoms with E-state index in [1.807, 2.05) is 0 Å². The predicted molar refractivity (Wildman–Crippen MR) is 66.4 cm³/mol. The molecule has 1 atom stereocenters. The Hall–Kier alpha value is -2.22. The monoisotopic (exact) mass is 270 g/mol. The first-order valence-corrected chi connectivity index (χ1v) is 5.50. The van der Waals surface area contributed by atoms with Gasteiger partial charge in [0.15, 0.2) is 0 Å². The van der Waals surface area contributed by atoms with Crippen LogP contribution in [-0.2, 0) is 0 Å². The SMILES string of the molecule is Cc1cc([N+](=O)[O-])c(OC(C)CO)c([N+](=O)[O-])c1C. The van der Waals surface area contributed by atoms with Crippen LogP contribution in [0.4, 0.5) is 11.4 Å². The average Bonchev–Trinajstić information content (AvgIpc) is 2.32. The zero-order chi connectivity index (χ0) is 14.7. The molecule has 1 rings (SSSR count). The van der Waals surface area contributed by atoms with Gasteiger partial charge in [-0.25, -0.2) is 0 Å². The smallest absolute Gasteiger partial charge is 0.321 e. The summed E-state index contributed by atoms with van der Waals surface area (Å²) < 4.78 is 5.15. The number of benzene rings is 1. The van der Waals surface area contributed by atoms with Crippen LogP contribution in [0.3, 0.4) is 0 Å². The van der Waals surface area contributed by atoms with Gasteiger partial charge in [0.2, 0.25) is 0 Å². The van der Waals surface area contributed by atoms with Crippen molar-refractivity contribution in [3.63, 3.8) is 0 Å². The second-order valence-electron chi connectivity index (χ2n) is 4.14. The maximum absolute atomic E-state index is 11.1. The summed E-state index contributed by atoms with van der Waals surface area (Å²) in [4.78, 5) is 20.6. The van der Waals surface area contributed by atoms with Crippen molar-refractivity contribution >= 4 is 11.4 Å². The fourth-order valence-electron chi connectivity index (χ4n) is 1.57. The molecule has 0 aromatic heterocycles. The van der Waals surface area contributed by atoms with Gasteiger partial charge in [0.25, 0.3) is 5.75 Å². The molecule has 1 aromatic rings. The molecular weight excluding hydrogens is 256 g/mol. The fourth-order valence-corrected chi connectivity index (χ4v) is 1.57. The molecule has 0 bridgehead atoms. The lowest BCUT2D eigenvalue weighted by atomic mass is 10.1. The average molecular weight is 270 g/mol. The van der Waals surface area contributed by atoms with E-state index in [1.165, 1.54) is 19.9 Å². The van der Waals surface area contributed by atoms with Gasteiger partial charge in [-0.3, -0.25) is 20.2 Å². The highest BCUT2D eigenvalue weighted by Gasteiger charge is 2.31. The second-order valence-corrected chi connectivity index (χ2v) is 4.14. The van der Waals surface area contributed by atoms with Crippen molar-refractivity contribution in [3.8, 4) is 5.75 Å². The number of aliphatic hydroxyl groups is 1. The highest BCUT2D eigenvalue weighted by Crippen LogP contribution is 2.41. The highest BCUT2D eigenvalue weighted by atomic mass is 16.6.